The molecule has 2 N–H and O–H groups in total. The number of hydrogen-bond acceptors (Lipinski definition) is 2. The van der Waals surface area contributed by atoms with Crippen LogP contribution in [0, 0.1) is 5.92 Å². The van der Waals surface area contributed by atoms with Crippen LogP contribution in [0.3, 0.4) is 0 Å². The van der Waals surface area contributed by atoms with Gasteiger partial charge in [-0.2, -0.15) is 0 Å². The number of fused-ring (bicyclic) bond motifs is 1. The first-order valence-electron chi connectivity index (χ1n) is 8.21. The van der Waals surface area contributed by atoms with Gasteiger partial charge in [-0.1, -0.05) is 56.5 Å². The molecule has 0 aliphatic heterocycles. The smallest absolute Gasteiger partial charge is 0.120 e. The lowest BCUT2D eigenvalue weighted by molar-refractivity contribution is 0.278. The molecule has 0 aromatic heterocycles. The van der Waals surface area contributed by atoms with Crippen LogP contribution in [0.4, 0.5) is 0 Å². The van der Waals surface area contributed by atoms with E-state index in [2.05, 4.69) is 24.4 Å². The van der Waals surface area contributed by atoms with Crippen molar-refractivity contribution in [2.24, 2.45) is 5.92 Å². The Morgan fingerprint density at radius 2 is 2.00 bits per heavy atom. The summed E-state index contributed by atoms with van der Waals surface area (Å²) < 4.78 is 0. The third-order valence-electron chi connectivity index (χ3n) is 4.94. The van der Waals surface area contributed by atoms with Gasteiger partial charge in [0.15, 0.2) is 0 Å². The van der Waals surface area contributed by atoms with Crippen molar-refractivity contribution in [3.8, 4) is 5.75 Å². The average molecular weight is 283 g/mol. The van der Waals surface area contributed by atoms with Crippen molar-refractivity contribution in [3.05, 3.63) is 42.0 Å². The molecule has 2 aromatic carbocycles. The van der Waals surface area contributed by atoms with Crippen LogP contribution < -0.4 is 5.32 Å². The summed E-state index contributed by atoms with van der Waals surface area (Å²) in [7, 11) is 0. The molecule has 1 aliphatic rings. The first-order valence-corrected chi connectivity index (χ1v) is 8.21. The lowest BCUT2D eigenvalue weighted by Gasteiger charge is -2.29. The topological polar surface area (TPSA) is 32.3 Å². The predicted molar refractivity (Wildman–Crippen MR) is 88.5 cm³/mol. The van der Waals surface area contributed by atoms with Gasteiger partial charge in [-0.3, -0.25) is 0 Å². The lowest BCUT2D eigenvalue weighted by atomic mass is 9.84. The summed E-state index contributed by atoms with van der Waals surface area (Å²) in [6.45, 7) is 3.05. The first kappa shape index (κ1) is 14.4. The maximum absolute atomic E-state index is 10.2. The zero-order valence-corrected chi connectivity index (χ0v) is 12.8. The molecule has 112 valence electrons. The van der Waals surface area contributed by atoms with Crippen LogP contribution in [0.2, 0.25) is 0 Å². The van der Waals surface area contributed by atoms with Gasteiger partial charge >= 0.3 is 0 Å². The van der Waals surface area contributed by atoms with Crippen molar-refractivity contribution in [1.29, 1.82) is 0 Å². The Kier molecular flexibility index (Phi) is 4.45. The van der Waals surface area contributed by atoms with Gasteiger partial charge in [0.05, 0.1) is 0 Å². The van der Waals surface area contributed by atoms with Crippen LogP contribution >= 0.6 is 0 Å². The highest BCUT2D eigenvalue weighted by Gasteiger charge is 2.20. The molecule has 1 aliphatic carbocycles. The summed E-state index contributed by atoms with van der Waals surface area (Å²) in [4.78, 5) is 0. The minimum absolute atomic E-state index is 0.407. The predicted octanol–water partition coefficient (Wildman–Crippen LogP) is 4.60. The summed E-state index contributed by atoms with van der Waals surface area (Å²) in [6, 6.07) is 12.7. The van der Waals surface area contributed by atoms with E-state index in [0.29, 0.717) is 11.8 Å². The van der Waals surface area contributed by atoms with Crippen LogP contribution in [0.1, 0.15) is 44.6 Å². The average Bonchev–Trinajstić information content (AvgIpc) is 2.54. The fraction of sp³-hybridized carbons (Fsp3) is 0.474. The van der Waals surface area contributed by atoms with Crippen LogP contribution in [0.25, 0.3) is 10.8 Å². The number of hydrogen-bond donors (Lipinski definition) is 2. The molecule has 21 heavy (non-hydrogen) atoms. The molecule has 0 heterocycles. The van der Waals surface area contributed by atoms with Crippen LogP contribution in [-0.2, 0) is 6.54 Å². The molecular weight excluding hydrogens is 258 g/mol. The Morgan fingerprint density at radius 1 is 1.14 bits per heavy atom. The fourth-order valence-corrected chi connectivity index (χ4v) is 3.60. The summed E-state index contributed by atoms with van der Waals surface area (Å²) in [6.07, 6.45) is 6.55. The third kappa shape index (κ3) is 3.21. The van der Waals surface area contributed by atoms with Crippen molar-refractivity contribution < 1.29 is 5.11 Å². The van der Waals surface area contributed by atoms with Gasteiger partial charge in [0.2, 0.25) is 0 Å². The molecule has 2 heteroatoms. The molecule has 0 bridgehead atoms. The SMILES string of the molecule is CCC1CCCC(NCc2c(O)ccc3ccccc23)C1. The Hall–Kier alpha value is -1.54. The maximum atomic E-state index is 10.2. The number of benzene rings is 2. The van der Waals surface area contributed by atoms with E-state index in [0.717, 1.165) is 23.4 Å². The van der Waals surface area contributed by atoms with Crippen molar-refractivity contribution in [1.82, 2.24) is 5.32 Å². The summed E-state index contributed by atoms with van der Waals surface area (Å²) >= 11 is 0. The zero-order chi connectivity index (χ0) is 14.7. The van der Waals surface area contributed by atoms with Gasteiger partial charge in [0.25, 0.3) is 0 Å². The van der Waals surface area contributed by atoms with Crippen molar-refractivity contribution in [2.75, 3.05) is 0 Å². The van der Waals surface area contributed by atoms with E-state index in [9.17, 15) is 5.11 Å². The van der Waals surface area contributed by atoms with E-state index in [4.69, 9.17) is 0 Å². The van der Waals surface area contributed by atoms with E-state index >= 15 is 0 Å². The molecule has 1 saturated carbocycles. The number of nitrogens with one attached hydrogen (secondary N) is 1. The van der Waals surface area contributed by atoms with Crippen molar-refractivity contribution in [2.45, 2.75) is 51.6 Å². The first-order chi connectivity index (χ1) is 10.3. The van der Waals surface area contributed by atoms with E-state index in [-0.39, 0.29) is 0 Å². The highest BCUT2D eigenvalue weighted by molar-refractivity contribution is 5.87. The summed E-state index contributed by atoms with van der Waals surface area (Å²) in [5, 5.41) is 16.2. The number of phenolic OH excluding ortho intramolecular Hbond substituents is 1. The standard InChI is InChI=1S/C19H25NO/c1-2-14-6-5-8-16(12-14)20-13-18-17-9-4-3-7-15(17)10-11-19(18)21/h3-4,7,9-11,14,16,20-21H,2,5-6,8,12-13H2,1H3. The Balaban J connectivity index is 1.74. The molecule has 0 spiro atoms. The second-order valence-corrected chi connectivity index (χ2v) is 6.30. The molecule has 3 rings (SSSR count). The van der Waals surface area contributed by atoms with Gasteiger partial charge in [-0.05, 0) is 35.6 Å². The van der Waals surface area contributed by atoms with Gasteiger partial charge in [0.1, 0.15) is 5.75 Å². The Bertz CT molecular complexity index is 608. The monoisotopic (exact) mass is 283 g/mol. The normalized spacial score (nSPS) is 22.5. The third-order valence-corrected chi connectivity index (χ3v) is 4.94. The molecular formula is C19H25NO. The van der Waals surface area contributed by atoms with E-state index in [1.165, 1.54) is 37.5 Å². The zero-order valence-electron chi connectivity index (χ0n) is 12.8. The molecule has 2 nitrogen and oxygen atoms in total. The minimum Gasteiger partial charge on any atom is -0.508 e. The minimum atomic E-state index is 0.407. The Labute approximate surface area is 127 Å². The molecule has 2 atom stereocenters. The molecule has 0 radical (unpaired) electrons. The van der Waals surface area contributed by atoms with Crippen LogP contribution in [0.5, 0.6) is 5.75 Å². The van der Waals surface area contributed by atoms with E-state index in [1.807, 2.05) is 24.3 Å². The van der Waals surface area contributed by atoms with Crippen molar-refractivity contribution >= 4 is 10.8 Å². The van der Waals surface area contributed by atoms with E-state index < -0.39 is 0 Å². The molecule has 1 fully saturated rings. The largest absolute Gasteiger partial charge is 0.508 e. The van der Waals surface area contributed by atoms with Crippen LogP contribution in [0.15, 0.2) is 36.4 Å². The van der Waals surface area contributed by atoms with Crippen LogP contribution in [-0.4, -0.2) is 11.1 Å². The molecule has 0 amide bonds. The molecule has 2 unspecified atom stereocenters. The van der Waals surface area contributed by atoms with Gasteiger partial charge in [0, 0.05) is 18.2 Å². The maximum Gasteiger partial charge on any atom is 0.120 e. The van der Waals surface area contributed by atoms with Crippen molar-refractivity contribution in [3.63, 3.8) is 0 Å². The summed E-state index contributed by atoms with van der Waals surface area (Å²) in [5.41, 5.74) is 1.03. The fourth-order valence-electron chi connectivity index (χ4n) is 3.60. The number of phenols is 1. The quantitative estimate of drug-likeness (QED) is 0.859. The Morgan fingerprint density at radius 3 is 2.86 bits per heavy atom. The van der Waals surface area contributed by atoms with Gasteiger partial charge < -0.3 is 10.4 Å². The number of rotatable bonds is 4. The van der Waals surface area contributed by atoms with Gasteiger partial charge in [-0.15, -0.1) is 0 Å². The highest BCUT2D eigenvalue weighted by Crippen LogP contribution is 2.29. The second kappa shape index (κ2) is 6.48. The number of aromatic hydroxyl groups is 1. The summed E-state index contributed by atoms with van der Waals surface area (Å²) in [5.74, 6) is 1.28. The molecule has 0 saturated heterocycles. The molecule has 2 aromatic rings. The second-order valence-electron chi connectivity index (χ2n) is 6.30. The van der Waals surface area contributed by atoms with E-state index in [1.54, 1.807) is 0 Å². The highest BCUT2D eigenvalue weighted by atomic mass is 16.3. The van der Waals surface area contributed by atoms with Gasteiger partial charge in [-0.25, -0.2) is 0 Å². The lowest BCUT2D eigenvalue weighted by Crippen LogP contribution is -2.33.